The molecule has 0 bridgehead atoms. The lowest BCUT2D eigenvalue weighted by atomic mass is 10.00. The monoisotopic (exact) mass is 1450 g/mol. The number of aliphatic hydroxyl groups excluding tert-OH is 1. The summed E-state index contributed by atoms with van der Waals surface area (Å²) in [6, 6.07) is 0. The van der Waals surface area contributed by atoms with Gasteiger partial charge in [0.2, 0.25) is 0 Å². The maximum absolute atomic E-state index is 13.1. The molecule has 0 heterocycles. The Kier molecular flexibility index (Phi) is 69.0. The number of rotatable bonds is 78. The molecule has 0 aromatic carbocycles. The quantitative estimate of drug-likeness (QED) is 0.0222. The van der Waals surface area contributed by atoms with Crippen molar-refractivity contribution < 1.29 is 80.2 Å². The van der Waals surface area contributed by atoms with Gasteiger partial charge in [0.15, 0.2) is 12.2 Å². The molecule has 0 aliphatic carbocycles. The highest BCUT2D eigenvalue weighted by Crippen LogP contribution is 2.45. The molecule has 0 rings (SSSR count). The van der Waals surface area contributed by atoms with E-state index in [1.807, 2.05) is 0 Å². The minimum Gasteiger partial charge on any atom is -0.462 e. The summed E-state index contributed by atoms with van der Waals surface area (Å²) < 4.78 is 68.7. The van der Waals surface area contributed by atoms with Crippen molar-refractivity contribution in [2.45, 2.75) is 433 Å². The number of hydrogen-bond donors (Lipinski definition) is 3. The normalized spacial score (nSPS) is 14.3. The SMILES string of the molecule is CCCCCCCCCCCCCCCCCCCCC(=O)OC[C@H](COP(=O)(O)OC[C@@H](O)COP(=O)(O)OC[C@@H](COC(=O)CCCCCCCCC(C)CC)OC(=O)CCCCCCCCCCCCC(C)C)OC(=O)CCCCCCCCCCCCCCCCCC(C)C. The Morgan fingerprint density at radius 2 is 0.515 bits per heavy atom. The van der Waals surface area contributed by atoms with Gasteiger partial charge in [-0.2, -0.15) is 0 Å². The van der Waals surface area contributed by atoms with Gasteiger partial charge >= 0.3 is 39.5 Å². The first-order valence-corrected chi connectivity index (χ1v) is 44.4. The predicted molar refractivity (Wildman–Crippen MR) is 405 cm³/mol. The molecule has 0 spiro atoms. The van der Waals surface area contributed by atoms with Gasteiger partial charge in [-0.3, -0.25) is 37.3 Å². The van der Waals surface area contributed by atoms with Crippen LogP contribution in [0, 0.1) is 17.8 Å². The van der Waals surface area contributed by atoms with E-state index in [9.17, 15) is 43.2 Å². The molecular weight excluding hydrogens is 1290 g/mol. The highest BCUT2D eigenvalue weighted by molar-refractivity contribution is 7.47. The molecule has 3 unspecified atom stereocenters. The second-order valence-corrected chi connectivity index (χ2v) is 32.9. The van der Waals surface area contributed by atoms with Gasteiger partial charge in [-0.15, -0.1) is 0 Å². The van der Waals surface area contributed by atoms with Gasteiger partial charge in [0, 0.05) is 25.7 Å². The van der Waals surface area contributed by atoms with E-state index in [0.717, 1.165) is 114 Å². The van der Waals surface area contributed by atoms with Crippen LogP contribution in [-0.4, -0.2) is 96.7 Å². The van der Waals surface area contributed by atoms with Crippen molar-refractivity contribution in [1.29, 1.82) is 0 Å². The van der Waals surface area contributed by atoms with E-state index >= 15 is 0 Å². The van der Waals surface area contributed by atoms with Crippen molar-refractivity contribution in [3.63, 3.8) is 0 Å². The molecule has 588 valence electrons. The van der Waals surface area contributed by atoms with Crippen molar-refractivity contribution in [3.05, 3.63) is 0 Å². The molecule has 3 N–H and O–H groups in total. The maximum atomic E-state index is 13.1. The molecule has 17 nitrogen and oxygen atoms in total. The van der Waals surface area contributed by atoms with Gasteiger partial charge in [0.1, 0.15) is 19.3 Å². The highest BCUT2D eigenvalue weighted by atomic mass is 31.2. The van der Waals surface area contributed by atoms with Crippen molar-refractivity contribution >= 4 is 39.5 Å². The summed E-state index contributed by atoms with van der Waals surface area (Å²) in [5, 5.41) is 10.6. The molecule has 0 aliphatic rings. The molecule has 0 aliphatic heterocycles. The van der Waals surface area contributed by atoms with Crippen LogP contribution in [0.3, 0.4) is 0 Å². The van der Waals surface area contributed by atoms with Crippen LogP contribution < -0.4 is 0 Å². The summed E-state index contributed by atoms with van der Waals surface area (Å²) in [6.45, 7) is 11.9. The Balaban J connectivity index is 5.24. The highest BCUT2D eigenvalue weighted by Gasteiger charge is 2.30. The van der Waals surface area contributed by atoms with Crippen LogP contribution in [-0.2, 0) is 65.4 Å². The Morgan fingerprint density at radius 3 is 0.768 bits per heavy atom. The van der Waals surface area contributed by atoms with E-state index in [4.69, 9.17) is 37.0 Å². The molecule has 19 heteroatoms. The number of phosphoric acid groups is 2. The van der Waals surface area contributed by atoms with E-state index in [1.165, 1.54) is 218 Å². The molecule has 0 radical (unpaired) electrons. The average Bonchev–Trinajstić information content (AvgIpc) is 1.40. The summed E-state index contributed by atoms with van der Waals surface area (Å²) in [5.41, 5.74) is 0. The lowest BCUT2D eigenvalue weighted by Crippen LogP contribution is -2.30. The second-order valence-electron chi connectivity index (χ2n) is 30.0. The third-order valence-electron chi connectivity index (χ3n) is 19.0. The molecule has 0 saturated heterocycles. The first-order chi connectivity index (χ1) is 47.8. The van der Waals surface area contributed by atoms with Gasteiger partial charge in [0.05, 0.1) is 26.4 Å². The Labute approximate surface area is 607 Å². The number of hydrogen-bond acceptors (Lipinski definition) is 15. The molecule has 0 fully saturated rings. The maximum Gasteiger partial charge on any atom is 0.472 e. The number of ether oxygens (including phenoxy) is 4. The molecule has 6 atom stereocenters. The Hall–Kier alpha value is -1.94. The molecule has 99 heavy (non-hydrogen) atoms. The first kappa shape index (κ1) is 97.1. The van der Waals surface area contributed by atoms with Gasteiger partial charge in [-0.25, -0.2) is 9.13 Å². The summed E-state index contributed by atoms with van der Waals surface area (Å²) in [6.07, 6.45) is 58.3. The van der Waals surface area contributed by atoms with Crippen molar-refractivity contribution in [2.75, 3.05) is 39.6 Å². The lowest BCUT2D eigenvalue weighted by molar-refractivity contribution is -0.161. The van der Waals surface area contributed by atoms with Crippen LogP contribution >= 0.6 is 15.6 Å². The van der Waals surface area contributed by atoms with E-state index in [2.05, 4.69) is 48.5 Å². The summed E-state index contributed by atoms with van der Waals surface area (Å²) >= 11 is 0. The number of phosphoric ester groups is 2. The summed E-state index contributed by atoms with van der Waals surface area (Å²) in [7, 11) is -9.92. The average molecular weight is 1450 g/mol. The summed E-state index contributed by atoms with van der Waals surface area (Å²) in [4.78, 5) is 73.0. The van der Waals surface area contributed by atoms with Crippen molar-refractivity contribution in [3.8, 4) is 0 Å². The van der Waals surface area contributed by atoms with Gasteiger partial charge in [-0.1, -0.05) is 363 Å². The van der Waals surface area contributed by atoms with Crippen LogP contribution in [0.15, 0.2) is 0 Å². The fourth-order valence-electron chi connectivity index (χ4n) is 12.3. The zero-order chi connectivity index (χ0) is 73.0. The van der Waals surface area contributed by atoms with Crippen LogP contribution in [0.5, 0.6) is 0 Å². The molecule has 0 aromatic rings. The van der Waals surface area contributed by atoms with Gasteiger partial charge < -0.3 is 33.8 Å². The lowest BCUT2D eigenvalue weighted by Gasteiger charge is -2.21. The summed E-state index contributed by atoms with van der Waals surface area (Å²) in [5.74, 6) is 0.172. The minimum absolute atomic E-state index is 0.105. The third kappa shape index (κ3) is 72.8. The minimum atomic E-state index is -4.96. The number of esters is 4. The topological polar surface area (TPSA) is 237 Å². The largest absolute Gasteiger partial charge is 0.472 e. The van der Waals surface area contributed by atoms with Crippen LogP contribution in [0.2, 0.25) is 0 Å². The third-order valence-corrected chi connectivity index (χ3v) is 20.9. The van der Waals surface area contributed by atoms with E-state index in [0.29, 0.717) is 25.7 Å². The number of aliphatic hydroxyl groups is 1. The fourth-order valence-corrected chi connectivity index (χ4v) is 13.9. The van der Waals surface area contributed by atoms with Crippen LogP contribution in [0.4, 0.5) is 0 Å². The molecule has 0 saturated carbocycles. The molecule has 0 amide bonds. The Bertz CT molecular complexity index is 1920. The molecule has 0 aromatic heterocycles. The van der Waals surface area contributed by atoms with Crippen LogP contribution in [0.25, 0.3) is 0 Å². The smallest absolute Gasteiger partial charge is 0.462 e. The predicted octanol–water partition coefficient (Wildman–Crippen LogP) is 23.7. The van der Waals surface area contributed by atoms with Crippen LogP contribution in [0.1, 0.15) is 414 Å². The fraction of sp³-hybridized carbons (Fsp3) is 0.950. The van der Waals surface area contributed by atoms with Gasteiger partial charge in [0.25, 0.3) is 0 Å². The first-order valence-electron chi connectivity index (χ1n) is 41.4. The second kappa shape index (κ2) is 70.4. The van der Waals surface area contributed by atoms with Crippen molar-refractivity contribution in [1.82, 2.24) is 0 Å². The van der Waals surface area contributed by atoms with E-state index in [-0.39, 0.29) is 25.7 Å². The standard InChI is InChI=1S/C80H156O17P2/c1-8-10-11-12-13-14-15-16-17-18-19-22-25-28-34-39-47-54-61-77(82)90-67-75(96-79(84)63-56-49-40-35-29-26-23-20-21-24-27-32-37-44-51-58-71(3)4)69-94-98(86,87)92-65-74(81)66-93-99(88,89)95-70-76(68-91-78(83)62-55-48-43-42-46-53-60-73(7)9-2)97-80(85)64-57-50-41-36-31-30-33-38-45-52-59-72(5)6/h71-76,81H,8-70H2,1-7H3,(H,86,87)(H,88,89)/t73?,74-,75-,76-/m1/s1. The Morgan fingerprint density at radius 1 is 0.293 bits per heavy atom. The zero-order valence-electron chi connectivity index (χ0n) is 65.0. The van der Waals surface area contributed by atoms with E-state index < -0.39 is 97.5 Å². The molecular formula is C80H156O17P2. The van der Waals surface area contributed by atoms with E-state index in [1.54, 1.807) is 0 Å². The van der Waals surface area contributed by atoms with Crippen molar-refractivity contribution in [2.24, 2.45) is 17.8 Å². The number of carbonyl (C=O) groups is 4. The zero-order valence-corrected chi connectivity index (χ0v) is 66.8. The van der Waals surface area contributed by atoms with Gasteiger partial charge in [-0.05, 0) is 43.4 Å². The number of carbonyl (C=O) groups excluding carboxylic acids is 4. The number of unbranched alkanes of at least 4 members (excludes halogenated alkanes) is 45.